The van der Waals surface area contributed by atoms with Gasteiger partial charge in [0.2, 0.25) is 0 Å². The molecule has 1 aromatic rings. The first-order valence-electron chi connectivity index (χ1n) is 6.74. The van der Waals surface area contributed by atoms with E-state index < -0.39 is 0 Å². The molecule has 0 saturated heterocycles. The normalized spacial score (nSPS) is 17.8. The predicted octanol–water partition coefficient (Wildman–Crippen LogP) is 2.67. The lowest BCUT2D eigenvalue weighted by molar-refractivity contribution is 0.281. The highest BCUT2D eigenvalue weighted by Gasteiger charge is 2.27. The van der Waals surface area contributed by atoms with Crippen molar-refractivity contribution in [3.63, 3.8) is 0 Å². The van der Waals surface area contributed by atoms with Crippen LogP contribution in [0.3, 0.4) is 0 Å². The number of nitrogens with two attached hydrogens (primary N) is 1. The Morgan fingerprint density at radius 3 is 2.79 bits per heavy atom. The lowest BCUT2D eigenvalue weighted by Crippen LogP contribution is -2.18. The molecule has 0 amide bonds. The fourth-order valence-electron chi connectivity index (χ4n) is 2.58. The zero-order chi connectivity index (χ0) is 13.8. The molecule has 0 aliphatic heterocycles. The highest BCUT2D eigenvalue weighted by Crippen LogP contribution is 2.38. The molecule has 0 radical (unpaired) electrons. The molecule has 1 aromatic heterocycles. The first-order chi connectivity index (χ1) is 9.11. The Bertz CT molecular complexity index is 494. The smallest absolute Gasteiger partial charge is 0.140 e. The van der Waals surface area contributed by atoms with Gasteiger partial charge in [0.1, 0.15) is 12.2 Å². The van der Waals surface area contributed by atoms with Crippen molar-refractivity contribution in [3.8, 4) is 0 Å². The number of hydrogen-bond donors (Lipinski definition) is 1. The quantitative estimate of drug-likeness (QED) is 0.798. The Balaban J connectivity index is 2.29. The van der Waals surface area contributed by atoms with Crippen molar-refractivity contribution in [2.75, 3.05) is 0 Å². The first kappa shape index (κ1) is 13.6. The fraction of sp³-hybridized carbons (Fsp3) is 0.467. The van der Waals surface area contributed by atoms with E-state index >= 15 is 0 Å². The topological polar surface area (TPSA) is 56.7 Å². The van der Waals surface area contributed by atoms with E-state index in [0.717, 1.165) is 23.7 Å². The maximum absolute atomic E-state index is 5.71. The summed E-state index contributed by atoms with van der Waals surface area (Å²) in [6, 6.07) is 0. The summed E-state index contributed by atoms with van der Waals surface area (Å²) in [6.07, 6.45) is 10.5. The second-order valence-electron chi connectivity index (χ2n) is 5.31. The Hall–Kier alpha value is -1.84. The molecular weight excluding hydrogens is 236 g/mol. The van der Waals surface area contributed by atoms with Crippen molar-refractivity contribution in [1.29, 1.82) is 0 Å². The van der Waals surface area contributed by atoms with Gasteiger partial charge in [0.05, 0.1) is 0 Å². The number of hydrogen-bond acceptors (Lipinski definition) is 3. The third-order valence-corrected chi connectivity index (χ3v) is 3.84. The zero-order valence-corrected chi connectivity index (χ0v) is 11.5. The van der Waals surface area contributed by atoms with Crippen LogP contribution in [0.4, 0.5) is 0 Å². The van der Waals surface area contributed by atoms with Crippen molar-refractivity contribution >= 4 is 0 Å². The Labute approximate surface area is 114 Å². The van der Waals surface area contributed by atoms with Crippen molar-refractivity contribution in [1.82, 2.24) is 14.8 Å². The molecule has 2 N–H and O–H groups in total. The summed E-state index contributed by atoms with van der Waals surface area (Å²) >= 11 is 0. The molecule has 1 fully saturated rings. The van der Waals surface area contributed by atoms with Gasteiger partial charge in [-0.25, -0.2) is 0 Å². The highest BCUT2D eigenvalue weighted by atomic mass is 15.2. The van der Waals surface area contributed by atoms with Gasteiger partial charge in [-0.05, 0) is 24.0 Å². The van der Waals surface area contributed by atoms with E-state index in [9.17, 15) is 0 Å². The summed E-state index contributed by atoms with van der Waals surface area (Å²) in [4.78, 5) is 0. The molecule has 1 atom stereocenters. The van der Waals surface area contributed by atoms with Gasteiger partial charge < -0.3 is 10.3 Å². The molecule has 0 bridgehead atoms. The van der Waals surface area contributed by atoms with Crippen molar-refractivity contribution < 1.29 is 0 Å². The van der Waals surface area contributed by atoms with E-state index in [1.54, 1.807) is 6.33 Å². The third-order valence-electron chi connectivity index (χ3n) is 3.84. The van der Waals surface area contributed by atoms with E-state index in [2.05, 4.69) is 23.4 Å². The van der Waals surface area contributed by atoms with Crippen LogP contribution in [0.25, 0.3) is 0 Å². The van der Waals surface area contributed by atoms with Gasteiger partial charge in [0, 0.05) is 18.7 Å². The van der Waals surface area contributed by atoms with Gasteiger partial charge in [-0.15, -0.1) is 10.2 Å². The van der Waals surface area contributed by atoms with Crippen LogP contribution in [0.1, 0.15) is 37.4 Å². The molecule has 1 heterocycles. The SMILES string of the molecule is C=C/C(=C\C(=C)N)C(CC1CCC1)c1nncn1C. The molecule has 1 aliphatic rings. The van der Waals surface area contributed by atoms with Gasteiger partial charge in [-0.1, -0.05) is 38.5 Å². The minimum atomic E-state index is 0.204. The van der Waals surface area contributed by atoms with Crippen LogP contribution < -0.4 is 5.73 Å². The monoisotopic (exact) mass is 258 g/mol. The van der Waals surface area contributed by atoms with Crippen LogP contribution in [0.15, 0.2) is 42.9 Å². The van der Waals surface area contributed by atoms with Gasteiger partial charge in [-0.3, -0.25) is 0 Å². The van der Waals surface area contributed by atoms with Crippen LogP contribution in [0.2, 0.25) is 0 Å². The molecule has 0 spiro atoms. The van der Waals surface area contributed by atoms with Crippen molar-refractivity contribution in [2.45, 2.75) is 31.6 Å². The van der Waals surface area contributed by atoms with Crippen LogP contribution >= 0.6 is 0 Å². The molecule has 1 aliphatic carbocycles. The molecule has 19 heavy (non-hydrogen) atoms. The average molecular weight is 258 g/mol. The number of aryl methyl sites for hydroxylation is 1. The Morgan fingerprint density at radius 1 is 1.63 bits per heavy atom. The summed E-state index contributed by atoms with van der Waals surface area (Å²) in [5.74, 6) is 1.95. The van der Waals surface area contributed by atoms with E-state index in [0.29, 0.717) is 5.70 Å². The predicted molar refractivity (Wildman–Crippen MR) is 77.3 cm³/mol. The van der Waals surface area contributed by atoms with E-state index in [1.807, 2.05) is 23.8 Å². The second kappa shape index (κ2) is 5.87. The van der Waals surface area contributed by atoms with Crippen molar-refractivity contribution in [2.24, 2.45) is 18.7 Å². The zero-order valence-electron chi connectivity index (χ0n) is 11.5. The largest absolute Gasteiger partial charge is 0.399 e. The molecule has 1 unspecified atom stereocenters. The lowest BCUT2D eigenvalue weighted by atomic mass is 9.76. The summed E-state index contributed by atoms with van der Waals surface area (Å²) in [6.45, 7) is 7.66. The standard InChI is InChI=1S/C15H22N4/c1-4-13(8-11(2)16)14(9-12-6-5-7-12)15-18-17-10-19(15)3/h4,8,10,12,14H,1-2,5-7,9,16H2,3H3/b13-8+. The number of allylic oxidation sites excluding steroid dienone is 3. The van der Waals surface area contributed by atoms with Crippen LogP contribution in [0.5, 0.6) is 0 Å². The number of aromatic nitrogens is 3. The number of rotatable bonds is 6. The fourth-order valence-corrected chi connectivity index (χ4v) is 2.58. The molecule has 4 heteroatoms. The maximum atomic E-state index is 5.71. The molecular formula is C15H22N4. The van der Waals surface area contributed by atoms with Gasteiger partial charge in [0.15, 0.2) is 0 Å². The summed E-state index contributed by atoms with van der Waals surface area (Å²) in [5.41, 5.74) is 7.34. The van der Waals surface area contributed by atoms with E-state index in [1.165, 1.54) is 19.3 Å². The second-order valence-corrected chi connectivity index (χ2v) is 5.31. The highest BCUT2D eigenvalue weighted by molar-refractivity contribution is 5.33. The summed E-state index contributed by atoms with van der Waals surface area (Å²) in [7, 11) is 1.97. The van der Waals surface area contributed by atoms with Gasteiger partial charge >= 0.3 is 0 Å². The molecule has 1 saturated carbocycles. The average Bonchev–Trinajstić information content (AvgIpc) is 2.72. The maximum Gasteiger partial charge on any atom is 0.140 e. The van der Waals surface area contributed by atoms with E-state index in [4.69, 9.17) is 5.73 Å². The summed E-state index contributed by atoms with van der Waals surface area (Å²) in [5, 5.41) is 8.24. The first-order valence-corrected chi connectivity index (χ1v) is 6.74. The minimum Gasteiger partial charge on any atom is -0.399 e. The van der Waals surface area contributed by atoms with Gasteiger partial charge in [0.25, 0.3) is 0 Å². The molecule has 0 aromatic carbocycles. The van der Waals surface area contributed by atoms with Crippen molar-refractivity contribution in [3.05, 3.63) is 48.7 Å². The molecule has 102 valence electrons. The van der Waals surface area contributed by atoms with Crippen LogP contribution in [-0.2, 0) is 7.05 Å². The Morgan fingerprint density at radius 2 is 2.37 bits per heavy atom. The molecule has 2 rings (SSSR count). The van der Waals surface area contributed by atoms with Gasteiger partial charge in [-0.2, -0.15) is 0 Å². The minimum absolute atomic E-state index is 0.204. The lowest BCUT2D eigenvalue weighted by Gasteiger charge is -2.29. The van der Waals surface area contributed by atoms with Crippen LogP contribution in [0, 0.1) is 5.92 Å². The van der Waals surface area contributed by atoms with E-state index in [-0.39, 0.29) is 5.92 Å². The molecule has 4 nitrogen and oxygen atoms in total. The number of nitrogens with zero attached hydrogens (tertiary/aromatic N) is 3. The summed E-state index contributed by atoms with van der Waals surface area (Å²) < 4.78 is 1.97. The Kier molecular flexibility index (Phi) is 4.20. The third kappa shape index (κ3) is 3.13. The van der Waals surface area contributed by atoms with Crippen LogP contribution in [-0.4, -0.2) is 14.8 Å².